The highest BCUT2D eigenvalue weighted by Crippen LogP contribution is 2.38. The molecule has 0 aliphatic heterocycles. The summed E-state index contributed by atoms with van der Waals surface area (Å²) in [5.41, 5.74) is 2.09. The second-order valence-corrected chi connectivity index (χ2v) is 4.94. The Hall–Kier alpha value is -1.35. The molecule has 0 spiro atoms. The summed E-state index contributed by atoms with van der Waals surface area (Å²) < 4.78 is 0. The summed E-state index contributed by atoms with van der Waals surface area (Å²) in [5, 5.41) is 6.18. The van der Waals surface area contributed by atoms with Crippen molar-refractivity contribution in [1.29, 1.82) is 0 Å². The number of carbonyl (C=O) groups excluding carboxylic acids is 1. The molecule has 1 amide bonds. The van der Waals surface area contributed by atoms with Crippen LogP contribution in [0.15, 0.2) is 24.3 Å². The van der Waals surface area contributed by atoms with E-state index in [1.807, 2.05) is 25.2 Å². The van der Waals surface area contributed by atoms with E-state index in [0.29, 0.717) is 12.0 Å². The molecule has 3 unspecified atom stereocenters. The third-order valence-electron chi connectivity index (χ3n) is 3.53. The number of amides is 1. The van der Waals surface area contributed by atoms with Gasteiger partial charge in [0.25, 0.3) is 0 Å². The first-order valence-corrected chi connectivity index (χ1v) is 6.20. The van der Waals surface area contributed by atoms with Gasteiger partial charge in [-0.2, -0.15) is 0 Å². The first kappa shape index (κ1) is 12.1. The van der Waals surface area contributed by atoms with Crippen molar-refractivity contribution in [2.75, 3.05) is 12.4 Å². The largest absolute Gasteiger partial charge is 0.326 e. The van der Waals surface area contributed by atoms with E-state index in [0.717, 1.165) is 12.1 Å². The van der Waals surface area contributed by atoms with E-state index >= 15 is 0 Å². The molecule has 0 heterocycles. The first-order chi connectivity index (χ1) is 8.11. The number of rotatable bonds is 4. The fourth-order valence-corrected chi connectivity index (χ4v) is 1.97. The SMILES string of the molecule is CNC(C)c1cccc(NC(=O)C2CC2C)c1. The summed E-state index contributed by atoms with van der Waals surface area (Å²) in [6.45, 7) is 4.22. The molecule has 3 heteroatoms. The van der Waals surface area contributed by atoms with Crippen LogP contribution in [-0.4, -0.2) is 13.0 Å². The smallest absolute Gasteiger partial charge is 0.227 e. The van der Waals surface area contributed by atoms with Crippen molar-refractivity contribution in [2.24, 2.45) is 11.8 Å². The maximum absolute atomic E-state index is 11.8. The molecule has 17 heavy (non-hydrogen) atoms. The molecule has 1 aromatic carbocycles. The van der Waals surface area contributed by atoms with Crippen molar-refractivity contribution in [1.82, 2.24) is 5.32 Å². The van der Waals surface area contributed by atoms with Crippen molar-refractivity contribution in [2.45, 2.75) is 26.3 Å². The predicted molar refractivity (Wildman–Crippen MR) is 69.8 cm³/mol. The molecule has 3 atom stereocenters. The Morgan fingerprint density at radius 1 is 1.47 bits per heavy atom. The molecule has 2 N–H and O–H groups in total. The first-order valence-electron chi connectivity index (χ1n) is 6.20. The van der Waals surface area contributed by atoms with Crippen LogP contribution in [-0.2, 0) is 4.79 Å². The maximum atomic E-state index is 11.8. The van der Waals surface area contributed by atoms with Gasteiger partial charge in [0.1, 0.15) is 0 Å². The van der Waals surface area contributed by atoms with Gasteiger partial charge in [0.15, 0.2) is 0 Å². The minimum atomic E-state index is 0.159. The van der Waals surface area contributed by atoms with Gasteiger partial charge in [0, 0.05) is 17.6 Å². The minimum Gasteiger partial charge on any atom is -0.326 e. The van der Waals surface area contributed by atoms with Crippen molar-refractivity contribution in [3.63, 3.8) is 0 Å². The number of hydrogen-bond donors (Lipinski definition) is 2. The van der Waals surface area contributed by atoms with Crippen LogP contribution < -0.4 is 10.6 Å². The Bertz CT molecular complexity index is 416. The Morgan fingerprint density at radius 3 is 2.76 bits per heavy atom. The van der Waals surface area contributed by atoms with Gasteiger partial charge in [0.05, 0.1) is 0 Å². The lowest BCUT2D eigenvalue weighted by Crippen LogP contribution is -2.16. The van der Waals surface area contributed by atoms with Gasteiger partial charge in [-0.3, -0.25) is 4.79 Å². The van der Waals surface area contributed by atoms with Crippen molar-refractivity contribution >= 4 is 11.6 Å². The lowest BCUT2D eigenvalue weighted by molar-refractivity contribution is -0.117. The Balaban J connectivity index is 2.03. The normalized spacial score (nSPS) is 24.2. The van der Waals surface area contributed by atoms with Crippen molar-refractivity contribution in [3.8, 4) is 0 Å². The number of carbonyl (C=O) groups is 1. The molecular formula is C14H20N2O. The number of nitrogens with one attached hydrogen (secondary N) is 2. The Labute approximate surface area is 103 Å². The fraction of sp³-hybridized carbons (Fsp3) is 0.500. The van der Waals surface area contributed by atoms with Crippen LogP contribution in [0.2, 0.25) is 0 Å². The van der Waals surface area contributed by atoms with Crippen LogP contribution in [0.4, 0.5) is 5.69 Å². The predicted octanol–water partition coefficient (Wildman–Crippen LogP) is 2.56. The number of anilines is 1. The van der Waals surface area contributed by atoms with E-state index in [9.17, 15) is 4.79 Å². The van der Waals surface area contributed by atoms with E-state index in [2.05, 4.69) is 30.5 Å². The molecule has 1 aromatic rings. The van der Waals surface area contributed by atoms with E-state index in [1.165, 1.54) is 5.56 Å². The van der Waals surface area contributed by atoms with Crippen LogP contribution in [0.3, 0.4) is 0 Å². The van der Waals surface area contributed by atoms with Gasteiger partial charge in [-0.1, -0.05) is 19.1 Å². The zero-order valence-electron chi connectivity index (χ0n) is 10.7. The molecule has 0 saturated heterocycles. The molecular weight excluding hydrogens is 212 g/mol. The molecule has 92 valence electrons. The third kappa shape index (κ3) is 2.86. The molecule has 1 fully saturated rings. The Morgan fingerprint density at radius 2 is 2.18 bits per heavy atom. The summed E-state index contributed by atoms with van der Waals surface area (Å²) in [6.07, 6.45) is 1.03. The van der Waals surface area contributed by atoms with E-state index < -0.39 is 0 Å². The fourth-order valence-electron chi connectivity index (χ4n) is 1.97. The van der Waals surface area contributed by atoms with Crippen LogP contribution >= 0.6 is 0 Å². The average Bonchev–Trinajstić information content (AvgIpc) is 3.06. The summed E-state index contributed by atoms with van der Waals surface area (Å²) in [5.74, 6) is 0.932. The summed E-state index contributed by atoms with van der Waals surface area (Å²) in [4.78, 5) is 11.8. The molecule has 2 rings (SSSR count). The lowest BCUT2D eigenvalue weighted by atomic mass is 10.1. The molecule has 0 aromatic heterocycles. The number of benzene rings is 1. The topological polar surface area (TPSA) is 41.1 Å². The summed E-state index contributed by atoms with van der Waals surface area (Å²) >= 11 is 0. The average molecular weight is 232 g/mol. The van der Waals surface area contributed by atoms with E-state index in [4.69, 9.17) is 0 Å². The van der Waals surface area contributed by atoms with E-state index in [1.54, 1.807) is 0 Å². The van der Waals surface area contributed by atoms with Gasteiger partial charge in [0.2, 0.25) is 5.91 Å². The summed E-state index contributed by atoms with van der Waals surface area (Å²) in [7, 11) is 1.93. The van der Waals surface area contributed by atoms with Gasteiger partial charge >= 0.3 is 0 Å². The zero-order chi connectivity index (χ0) is 12.4. The lowest BCUT2D eigenvalue weighted by Gasteiger charge is -2.12. The quantitative estimate of drug-likeness (QED) is 0.837. The van der Waals surface area contributed by atoms with Crippen LogP contribution in [0.5, 0.6) is 0 Å². The highest BCUT2D eigenvalue weighted by atomic mass is 16.2. The van der Waals surface area contributed by atoms with Crippen LogP contribution in [0.1, 0.15) is 31.9 Å². The monoisotopic (exact) mass is 232 g/mol. The Kier molecular flexibility index (Phi) is 3.48. The molecule has 0 radical (unpaired) electrons. The minimum absolute atomic E-state index is 0.159. The van der Waals surface area contributed by atoms with Crippen LogP contribution in [0.25, 0.3) is 0 Å². The van der Waals surface area contributed by atoms with Gasteiger partial charge in [-0.25, -0.2) is 0 Å². The zero-order valence-corrected chi connectivity index (χ0v) is 10.7. The molecule has 3 nitrogen and oxygen atoms in total. The summed E-state index contributed by atoms with van der Waals surface area (Å²) in [6, 6.07) is 8.32. The van der Waals surface area contributed by atoms with Gasteiger partial charge in [-0.15, -0.1) is 0 Å². The second kappa shape index (κ2) is 4.88. The second-order valence-electron chi connectivity index (χ2n) is 4.94. The molecule has 1 saturated carbocycles. The third-order valence-corrected chi connectivity index (χ3v) is 3.53. The standard InChI is InChI=1S/C14H20N2O/c1-9-7-13(9)14(17)16-12-6-4-5-11(8-12)10(2)15-3/h4-6,8-10,13,15H,7H2,1-3H3,(H,16,17). The highest BCUT2D eigenvalue weighted by molar-refractivity contribution is 5.94. The van der Waals surface area contributed by atoms with Crippen molar-refractivity contribution in [3.05, 3.63) is 29.8 Å². The van der Waals surface area contributed by atoms with Gasteiger partial charge in [-0.05, 0) is 44.0 Å². The molecule has 0 bridgehead atoms. The molecule has 1 aliphatic carbocycles. The van der Waals surface area contributed by atoms with Gasteiger partial charge < -0.3 is 10.6 Å². The highest BCUT2D eigenvalue weighted by Gasteiger charge is 2.39. The van der Waals surface area contributed by atoms with Crippen molar-refractivity contribution < 1.29 is 4.79 Å². The van der Waals surface area contributed by atoms with E-state index in [-0.39, 0.29) is 11.8 Å². The maximum Gasteiger partial charge on any atom is 0.227 e. The van der Waals surface area contributed by atoms with Crippen LogP contribution in [0, 0.1) is 11.8 Å². The molecule has 1 aliphatic rings. The number of hydrogen-bond acceptors (Lipinski definition) is 2.